The van der Waals surface area contributed by atoms with Crippen molar-refractivity contribution in [2.75, 3.05) is 7.05 Å². The Bertz CT molecular complexity index is 946. The molecule has 0 aliphatic rings. The van der Waals surface area contributed by atoms with Crippen molar-refractivity contribution in [1.82, 2.24) is 15.0 Å². The lowest BCUT2D eigenvalue weighted by Crippen LogP contribution is -2.39. The van der Waals surface area contributed by atoms with Crippen LogP contribution in [0, 0.1) is 5.82 Å². The fourth-order valence-corrected chi connectivity index (χ4v) is 2.98. The van der Waals surface area contributed by atoms with E-state index in [1.807, 2.05) is 31.2 Å². The second kappa shape index (κ2) is 8.97. The summed E-state index contributed by atoms with van der Waals surface area (Å²) >= 11 is 3.41. The first-order chi connectivity index (χ1) is 13.5. The molecule has 1 amide bonds. The van der Waals surface area contributed by atoms with Gasteiger partial charge in [0, 0.05) is 17.1 Å². The van der Waals surface area contributed by atoms with E-state index >= 15 is 0 Å². The minimum atomic E-state index is -0.692. The molecule has 0 radical (unpaired) electrons. The maximum Gasteiger partial charge on any atom is 0.263 e. The van der Waals surface area contributed by atoms with E-state index < -0.39 is 6.10 Å². The predicted octanol–water partition coefficient (Wildman–Crippen LogP) is 4.45. The summed E-state index contributed by atoms with van der Waals surface area (Å²) in [5, 5.41) is 3.97. The number of ether oxygens (including phenoxy) is 1. The first kappa shape index (κ1) is 20.0. The van der Waals surface area contributed by atoms with Crippen molar-refractivity contribution in [2.24, 2.45) is 0 Å². The molecule has 0 fully saturated rings. The van der Waals surface area contributed by atoms with E-state index in [9.17, 15) is 9.18 Å². The molecule has 6 nitrogen and oxygen atoms in total. The van der Waals surface area contributed by atoms with Gasteiger partial charge >= 0.3 is 0 Å². The van der Waals surface area contributed by atoms with Gasteiger partial charge in [-0.05, 0) is 42.8 Å². The molecule has 1 heterocycles. The van der Waals surface area contributed by atoms with Crippen LogP contribution in [0.2, 0.25) is 0 Å². The highest BCUT2D eigenvalue weighted by atomic mass is 79.9. The zero-order chi connectivity index (χ0) is 20.1. The molecular formula is C20H19BrFN3O3. The molecule has 0 saturated heterocycles. The Kier molecular flexibility index (Phi) is 6.41. The molecule has 0 saturated carbocycles. The number of likely N-dealkylation sites (N-methyl/N-ethyl adjacent to an activating group) is 1. The third-order valence-corrected chi connectivity index (χ3v) is 4.53. The zero-order valence-corrected chi connectivity index (χ0v) is 17.0. The number of carbonyl (C=O) groups is 1. The fraction of sp³-hybridized carbons (Fsp3) is 0.250. The number of carbonyl (C=O) groups excluding carboxylic acids is 1. The smallest absolute Gasteiger partial charge is 0.263 e. The average Bonchev–Trinajstić information content (AvgIpc) is 3.15. The number of hydrogen-bond donors (Lipinski definition) is 0. The molecular weight excluding hydrogens is 429 g/mol. The lowest BCUT2D eigenvalue weighted by molar-refractivity contribution is -0.138. The molecule has 8 heteroatoms. The number of hydrogen-bond acceptors (Lipinski definition) is 5. The van der Waals surface area contributed by atoms with Crippen molar-refractivity contribution in [2.45, 2.75) is 26.0 Å². The van der Waals surface area contributed by atoms with Gasteiger partial charge in [-0.15, -0.1) is 0 Å². The van der Waals surface area contributed by atoms with E-state index in [-0.39, 0.29) is 18.3 Å². The predicted molar refractivity (Wildman–Crippen MR) is 105 cm³/mol. The van der Waals surface area contributed by atoms with E-state index in [1.54, 1.807) is 7.05 Å². The Balaban J connectivity index is 1.65. The number of benzene rings is 2. The largest absolute Gasteiger partial charge is 0.481 e. The lowest BCUT2D eigenvalue weighted by Gasteiger charge is -2.22. The minimum Gasteiger partial charge on any atom is -0.481 e. The van der Waals surface area contributed by atoms with Crippen LogP contribution in [0.3, 0.4) is 0 Å². The normalized spacial score (nSPS) is 11.9. The van der Waals surface area contributed by atoms with Gasteiger partial charge in [-0.2, -0.15) is 4.98 Å². The van der Waals surface area contributed by atoms with Crippen molar-refractivity contribution in [1.29, 1.82) is 0 Å². The first-order valence-electron chi connectivity index (χ1n) is 8.72. The second-order valence-electron chi connectivity index (χ2n) is 6.19. The number of nitrogens with zero attached hydrogens (tertiary/aromatic N) is 3. The molecule has 0 spiro atoms. The van der Waals surface area contributed by atoms with Crippen molar-refractivity contribution in [3.05, 3.63) is 64.7 Å². The van der Waals surface area contributed by atoms with Crippen LogP contribution in [0.4, 0.5) is 4.39 Å². The highest BCUT2D eigenvalue weighted by molar-refractivity contribution is 9.10. The van der Waals surface area contributed by atoms with Gasteiger partial charge < -0.3 is 14.2 Å². The molecule has 28 heavy (non-hydrogen) atoms. The highest BCUT2D eigenvalue weighted by Crippen LogP contribution is 2.21. The highest BCUT2D eigenvalue weighted by Gasteiger charge is 2.24. The summed E-state index contributed by atoms with van der Waals surface area (Å²) in [5.41, 5.74) is 0.810. The summed E-state index contributed by atoms with van der Waals surface area (Å²) in [5.74, 6) is 0.620. The number of rotatable bonds is 7. The standard InChI is InChI=1S/C20H19BrFN3O3/c1-3-17(27-16-9-7-15(22)8-10-16)20(26)25(2)12-18-23-19(24-28-18)13-5-4-6-14(21)11-13/h4-11,17H,3,12H2,1-2H3/t17-/m0/s1. The van der Waals surface area contributed by atoms with Gasteiger partial charge in [0.15, 0.2) is 6.10 Å². The lowest BCUT2D eigenvalue weighted by atomic mass is 10.2. The Morgan fingerprint density at radius 3 is 2.71 bits per heavy atom. The van der Waals surface area contributed by atoms with E-state index in [1.165, 1.54) is 29.2 Å². The summed E-state index contributed by atoms with van der Waals surface area (Å²) < 4.78 is 24.9. The van der Waals surface area contributed by atoms with E-state index in [4.69, 9.17) is 9.26 Å². The van der Waals surface area contributed by atoms with Gasteiger partial charge in [0.05, 0.1) is 6.54 Å². The molecule has 3 rings (SSSR count). The third kappa shape index (κ3) is 4.95. The summed E-state index contributed by atoms with van der Waals surface area (Å²) in [4.78, 5) is 18.5. The summed E-state index contributed by atoms with van der Waals surface area (Å²) in [6.07, 6.45) is -0.226. The van der Waals surface area contributed by atoms with Crippen LogP contribution in [0.5, 0.6) is 5.75 Å². The fourth-order valence-electron chi connectivity index (χ4n) is 2.58. The molecule has 0 bridgehead atoms. The van der Waals surface area contributed by atoms with Gasteiger partial charge in [0.2, 0.25) is 11.7 Å². The van der Waals surface area contributed by atoms with E-state index in [0.29, 0.717) is 23.9 Å². The molecule has 2 aromatic carbocycles. The van der Waals surface area contributed by atoms with Crippen molar-refractivity contribution in [3.63, 3.8) is 0 Å². The number of halogens is 2. The maximum atomic E-state index is 13.0. The topological polar surface area (TPSA) is 68.5 Å². The van der Waals surface area contributed by atoms with Crippen LogP contribution in [-0.2, 0) is 11.3 Å². The van der Waals surface area contributed by atoms with Gasteiger partial charge in [-0.3, -0.25) is 4.79 Å². The Hall–Kier alpha value is -2.74. The van der Waals surface area contributed by atoms with Gasteiger partial charge in [0.25, 0.3) is 5.91 Å². The average molecular weight is 448 g/mol. The zero-order valence-electron chi connectivity index (χ0n) is 15.4. The Morgan fingerprint density at radius 1 is 1.29 bits per heavy atom. The molecule has 3 aromatic rings. The molecule has 0 unspecified atom stereocenters. The molecule has 0 aliphatic heterocycles. The third-order valence-electron chi connectivity index (χ3n) is 4.04. The molecule has 1 aromatic heterocycles. The van der Waals surface area contributed by atoms with Crippen molar-refractivity contribution >= 4 is 21.8 Å². The number of amides is 1. The molecule has 0 N–H and O–H groups in total. The molecule has 146 valence electrons. The monoisotopic (exact) mass is 447 g/mol. The van der Waals surface area contributed by atoms with Crippen molar-refractivity contribution < 1.29 is 18.4 Å². The van der Waals surface area contributed by atoms with Crippen LogP contribution in [0.15, 0.2) is 57.5 Å². The first-order valence-corrected chi connectivity index (χ1v) is 9.51. The number of aromatic nitrogens is 2. The SMILES string of the molecule is CC[C@H](Oc1ccc(F)cc1)C(=O)N(C)Cc1nc(-c2cccc(Br)c2)no1. The second-order valence-corrected chi connectivity index (χ2v) is 7.10. The van der Waals surface area contributed by atoms with E-state index in [2.05, 4.69) is 26.1 Å². The van der Waals surface area contributed by atoms with Gasteiger partial charge in [0.1, 0.15) is 11.6 Å². The van der Waals surface area contributed by atoms with Crippen LogP contribution in [0.1, 0.15) is 19.2 Å². The van der Waals surface area contributed by atoms with Crippen LogP contribution >= 0.6 is 15.9 Å². The molecule has 0 aliphatic carbocycles. The minimum absolute atomic E-state index is 0.156. The van der Waals surface area contributed by atoms with Crippen LogP contribution in [-0.4, -0.2) is 34.1 Å². The summed E-state index contributed by atoms with van der Waals surface area (Å²) in [6.45, 7) is 2.00. The van der Waals surface area contributed by atoms with Crippen molar-refractivity contribution in [3.8, 4) is 17.1 Å². The summed E-state index contributed by atoms with van der Waals surface area (Å²) in [7, 11) is 1.64. The maximum absolute atomic E-state index is 13.0. The quantitative estimate of drug-likeness (QED) is 0.534. The van der Waals surface area contributed by atoms with Gasteiger partial charge in [-0.25, -0.2) is 4.39 Å². The van der Waals surface area contributed by atoms with Crippen LogP contribution in [0.25, 0.3) is 11.4 Å². The molecule has 1 atom stereocenters. The Labute approximate surface area is 170 Å². The summed E-state index contributed by atoms with van der Waals surface area (Å²) in [6, 6.07) is 13.1. The Morgan fingerprint density at radius 2 is 2.04 bits per heavy atom. The van der Waals surface area contributed by atoms with E-state index in [0.717, 1.165) is 10.0 Å². The van der Waals surface area contributed by atoms with Crippen LogP contribution < -0.4 is 4.74 Å². The van der Waals surface area contributed by atoms with Gasteiger partial charge in [-0.1, -0.05) is 40.1 Å².